The molecule has 0 aromatic heterocycles. The number of carboxylic acid groups (broad SMARTS) is 1. The SMILES string of the molecule is CSCCCCCCNc1ccc(C(=O)O)c(F)c1F. The van der Waals surface area contributed by atoms with Crippen molar-refractivity contribution in [3.05, 3.63) is 29.3 Å². The minimum absolute atomic E-state index is 0.0108. The highest BCUT2D eigenvalue weighted by molar-refractivity contribution is 7.98. The zero-order chi connectivity index (χ0) is 15.0. The Balaban J connectivity index is 2.41. The lowest BCUT2D eigenvalue weighted by atomic mass is 10.1. The van der Waals surface area contributed by atoms with Gasteiger partial charge in [0.05, 0.1) is 11.3 Å². The minimum Gasteiger partial charge on any atom is -0.478 e. The molecular formula is C14H19F2NO2S. The number of hydrogen-bond donors (Lipinski definition) is 2. The normalized spacial score (nSPS) is 10.6. The maximum absolute atomic E-state index is 13.6. The molecule has 0 spiro atoms. The second-order valence-electron chi connectivity index (χ2n) is 4.43. The summed E-state index contributed by atoms with van der Waals surface area (Å²) in [5, 5.41) is 11.5. The Bertz CT molecular complexity index is 455. The molecule has 0 radical (unpaired) electrons. The van der Waals surface area contributed by atoms with Gasteiger partial charge in [0.25, 0.3) is 0 Å². The van der Waals surface area contributed by atoms with Crippen LogP contribution in [-0.2, 0) is 0 Å². The first kappa shape index (κ1) is 16.8. The quantitative estimate of drug-likeness (QED) is 0.677. The number of benzene rings is 1. The topological polar surface area (TPSA) is 49.3 Å². The molecule has 0 heterocycles. The molecule has 0 aliphatic heterocycles. The van der Waals surface area contributed by atoms with Crippen molar-refractivity contribution >= 4 is 23.4 Å². The van der Waals surface area contributed by atoms with Crippen LogP contribution < -0.4 is 5.32 Å². The van der Waals surface area contributed by atoms with Crippen molar-refractivity contribution in [1.82, 2.24) is 0 Å². The van der Waals surface area contributed by atoms with E-state index in [4.69, 9.17) is 5.11 Å². The molecular weight excluding hydrogens is 284 g/mol. The molecule has 0 saturated carbocycles. The first-order valence-electron chi connectivity index (χ1n) is 6.52. The molecule has 0 atom stereocenters. The summed E-state index contributed by atoms with van der Waals surface area (Å²) < 4.78 is 27.0. The average Bonchev–Trinajstić information content (AvgIpc) is 2.42. The number of aromatic carboxylic acids is 1. The fourth-order valence-electron chi connectivity index (χ4n) is 1.80. The number of carbonyl (C=O) groups is 1. The number of hydrogen-bond acceptors (Lipinski definition) is 3. The Morgan fingerprint density at radius 1 is 1.20 bits per heavy atom. The Labute approximate surface area is 121 Å². The third kappa shape index (κ3) is 5.00. The van der Waals surface area contributed by atoms with Gasteiger partial charge in [-0.15, -0.1) is 0 Å². The third-order valence-electron chi connectivity index (χ3n) is 2.90. The summed E-state index contributed by atoms with van der Waals surface area (Å²) in [4.78, 5) is 10.6. The summed E-state index contributed by atoms with van der Waals surface area (Å²) in [5.41, 5.74) is -0.637. The van der Waals surface area contributed by atoms with E-state index in [1.54, 1.807) is 0 Å². The predicted molar refractivity (Wildman–Crippen MR) is 78.7 cm³/mol. The van der Waals surface area contributed by atoms with Gasteiger partial charge >= 0.3 is 5.97 Å². The molecule has 0 fully saturated rings. The maximum atomic E-state index is 13.6. The van der Waals surface area contributed by atoms with E-state index in [1.807, 2.05) is 11.8 Å². The molecule has 20 heavy (non-hydrogen) atoms. The summed E-state index contributed by atoms with van der Waals surface area (Å²) in [6.07, 6.45) is 6.26. The highest BCUT2D eigenvalue weighted by Crippen LogP contribution is 2.20. The molecule has 1 aromatic rings. The number of rotatable bonds is 9. The van der Waals surface area contributed by atoms with E-state index in [9.17, 15) is 13.6 Å². The van der Waals surface area contributed by atoms with Crippen molar-refractivity contribution < 1.29 is 18.7 Å². The van der Waals surface area contributed by atoms with Gasteiger partial charge in [0.1, 0.15) is 0 Å². The van der Waals surface area contributed by atoms with E-state index in [0.29, 0.717) is 6.54 Å². The Hall–Kier alpha value is -1.30. The molecule has 0 unspecified atom stereocenters. The van der Waals surface area contributed by atoms with Gasteiger partial charge in [0.15, 0.2) is 11.6 Å². The molecule has 0 amide bonds. The van der Waals surface area contributed by atoms with Gasteiger partial charge in [0, 0.05) is 6.54 Å². The van der Waals surface area contributed by atoms with Crippen LogP contribution in [0.3, 0.4) is 0 Å². The second-order valence-corrected chi connectivity index (χ2v) is 5.41. The lowest BCUT2D eigenvalue weighted by molar-refractivity contribution is 0.0690. The van der Waals surface area contributed by atoms with E-state index < -0.39 is 23.2 Å². The summed E-state index contributed by atoms with van der Waals surface area (Å²) in [5.74, 6) is -2.78. The van der Waals surface area contributed by atoms with Gasteiger partial charge in [-0.1, -0.05) is 12.8 Å². The van der Waals surface area contributed by atoms with Crippen molar-refractivity contribution in [3.63, 3.8) is 0 Å². The van der Waals surface area contributed by atoms with Gasteiger partial charge in [-0.2, -0.15) is 11.8 Å². The highest BCUT2D eigenvalue weighted by Gasteiger charge is 2.17. The monoisotopic (exact) mass is 303 g/mol. The van der Waals surface area contributed by atoms with E-state index >= 15 is 0 Å². The van der Waals surface area contributed by atoms with Gasteiger partial charge in [0.2, 0.25) is 0 Å². The Morgan fingerprint density at radius 2 is 1.90 bits per heavy atom. The van der Waals surface area contributed by atoms with Crippen LogP contribution in [0.4, 0.5) is 14.5 Å². The van der Waals surface area contributed by atoms with Crippen LogP contribution in [0.5, 0.6) is 0 Å². The zero-order valence-corrected chi connectivity index (χ0v) is 12.2. The highest BCUT2D eigenvalue weighted by atomic mass is 32.2. The number of halogens is 2. The molecule has 3 nitrogen and oxygen atoms in total. The van der Waals surface area contributed by atoms with Crippen molar-refractivity contribution in [2.75, 3.05) is 23.9 Å². The Kier molecular flexibility index (Phi) is 7.36. The molecule has 112 valence electrons. The van der Waals surface area contributed by atoms with Gasteiger partial charge < -0.3 is 10.4 Å². The van der Waals surface area contributed by atoms with E-state index in [2.05, 4.69) is 11.6 Å². The van der Waals surface area contributed by atoms with Gasteiger partial charge in [-0.25, -0.2) is 13.6 Å². The summed E-state index contributed by atoms with van der Waals surface area (Å²) in [7, 11) is 0. The summed E-state index contributed by atoms with van der Waals surface area (Å²) in [6, 6.07) is 2.33. The largest absolute Gasteiger partial charge is 0.478 e. The van der Waals surface area contributed by atoms with Gasteiger partial charge in [-0.3, -0.25) is 0 Å². The number of thioether (sulfide) groups is 1. The molecule has 1 aromatic carbocycles. The lowest BCUT2D eigenvalue weighted by Gasteiger charge is -2.09. The fraction of sp³-hybridized carbons (Fsp3) is 0.500. The number of anilines is 1. The molecule has 6 heteroatoms. The molecule has 2 N–H and O–H groups in total. The third-order valence-corrected chi connectivity index (χ3v) is 3.60. The summed E-state index contributed by atoms with van der Waals surface area (Å²) >= 11 is 1.81. The fourth-order valence-corrected chi connectivity index (χ4v) is 2.29. The van der Waals surface area contributed by atoms with Crippen LogP contribution in [0.1, 0.15) is 36.0 Å². The first-order valence-corrected chi connectivity index (χ1v) is 7.91. The van der Waals surface area contributed by atoms with Crippen LogP contribution in [-0.4, -0.2) is 29.6 Å². The number of unbranched alkanes of at least 4 members (excludes halogenated alkanes) is 3. The summed E-state index contributed by atoms with van der Waals surface area (Å²) in [6.45, 7) is 0.544. The molecule has 0 bridgehead atoms. The van der Waals surface area contributed by atoms with E-state index in [-0.39, 0.29) is 5.69 Å². The van der Waals surface area contributed by atoms with Crippen molar-refractivity contribution in [3.8, 4) is 0 Å². The van der Waals surface area contributed by atoms with Crippen molar-refractivity contribution in [1.29, 1.82) is 0 Å². The number of carboxylic acids is 1. The van der Waals surface area contributed by atoms with Crippen molar-refractivity contribution in [2.24, 2.45) is 0 Å². The molecule has 0 aliphatic rings. The van der Waals surface area contributed by atoms with E-state index in [0.717, 1.165) is 37.5 Å². The minimum atomic E-state index is -1.47. The molecule has 1 rings (SSSR count). The zero-order valence-electron chi connectivity index (χ0n) is 11.4. The average molecular weight is 303 g/mol. The van der Waals surface area contributed by atoms with Gasteiger partial charge in [-0.05, 0) is 37.0 Å². The standard InChI is InChI=1S/C14H19F2NO2S/c1-20-9-5-3-2-4-8-17-11-7-6-10(14(18)19)12(15)13(11)16/h6-7,17H,2-5,8-9H2,1H3,(H,18,19). The van der Waals surface area contributed by atoms with Crippen LogP contribution in [0.2, 0.25) is 0 Å². The predicted octanol–water partition coefficient (Wildman–Crippen LogP) is 4.00. The smallest absolute Gasteiger partial charge is 0.338 e. The number of nitrogens with one attached hydrogen (secondary N) is 1. The molecule has 0 aliphatic carbocycles. The maximum Gasteiger partial charge on any atom is 0.338 e. The second kappa shape index (κ2) is 8.79. The van der Waals surface area contributed by atoms with Crippen LogP contribution >= 0.6 is 11.8 Å². The first-order chi connectivity index (χ1) is 9.57. The lowest BCUT2D eigenvalue weighted by Crippen LogP contribution is -2.08. The van der Waals surface area contributed by atoms with E-state index in [1.165, 1.54) is 6.07 Å². The van der Waals surface area contributed by atoms with Crippen LogP contribution in [0.25, 0.3) is 0 Å². The molecule has 0 saturated heterocycles. The van der Waals surface area contributed by atoms with Crippen LogP contribution in [0, 0.1) is 11.6 Å². The van der Waals surface area contributed by atoms with Crippen LogP contribution in [0.15, 0.2) is 12.1 Å². The van der Waals surface area contributed by atoms with Crippen molar-refractivity contribution in [2.45, 2.75) is 25.7 Å². The Morgan fingerprint density at radius 3 is 2.55 bits per heavy atom.